The Hall–Kier alpha value is -2.03. The van der Waals surface area contributed by atoms with Gasteiger partial charge in [0.25, 0.3) is 5.91 Å². The fourth-order valence-corrected chi connectivity index (χ4v) is 3.60. The first-order valence-corrected chi connectivity index (χ1v) is 8.94. The predicted molar refractivity (Wildman–Crippen MR) is 89.8 cm³/mol. The number of fused-ring (bicyclic) bond motifs is 1. The molecule has 0 fully saturated rings. The summed E-state index contributed by atoms with van der Waals surface area (Å²) < 4.78 is 41.5. The van der Waals surface area contributed by atoms with E-state index < -0.39 is 24.2 Å². The van der Waals surface area contributed by atoms with Crippen LogP contribution in [0.15, 0.2) is 23.7 Å². The monoisotopic (exact) mass is 372 g/mol. The van der Waals surface area contributed by atoms with Gasteiger partial charge in [0.15, 0.2) is 6.04 Å². The van der Waals surface area contributed by atoms with Crippen LogP contribution in [-0.4, -0.2) is 27.9 Å². The van der Waals surface area contributed by atoms with Crippen LogP contribution >= 0.6 is 11.3 Å². The molecular formula is C16H19F3N4OS. The van der Waals surface area contributed by atoms with Crippen LogP contribution in [0.1, 0.15) is 54.0 Å². The van der Waals surface area contributed by atoms with Crippen molar-refractivity contribution in [3.05, 3.63) is 34.2 Å². The van der Waals surface area contributed by atoms with Crippen molar-refractivity contribution >= 4 is 23.1 Å². The molecule has 0 saturated heterocycles. The van der Waals surface area contributed by atoms with Crippen LogP contribution in [0.25, 0.3) is 0 Å². The van der Waals surface area contributed by atoms with E-state index in [1.807, 2.05) is 19.2 Å². The summed E-state index contributed by atoms with van der Waals surface area (Å²) in [7, 11) is 0. The summed E-state index contributed by atoms with van der Waals surface area (Å²) in [5.41, 5.74) is 0.135. The second-order valence-electron chi connectivity index (χ2n) is 6.14. The number of carbonyl (C=O) groups is 1. The number of nitrogens with one attached hydrogen (secondary N) is 2. The largest absolute Gasteiger partial charge is 0.410 e. The van der Waals surface area contributed by atoms with Gasteiger partial charge < -0.3 is 10.6 Å². The van der Waals surface area contributed by atoms with E-state index in [9.17, 15) is 18.0 Å². The Morgan fingerprint density at radius 1 is 1.56 bits per heavy atom. The van der Waals surface area contributed by atoms with Gasteiger partial charge in [0.2, 0.25) is 0 Å². The van der Waals surface area contributed by atoms with Crippen molar-refractivity contribution in [3.63, 3.8) is 0 Å². The van der Waals surface area contributed by atoms with Crippen molar-refractivity contribution in [2.75, 3.05) is 5.32 Å². The summed E-state index contributed by atoms with van der Waals surface area (Å²) in [6.45, 7) is 3.76. The van der Waals surface area contributed by atoms with Crippen molar-refractivity contribution < 1.29 is 18.0 Å². The summed E-state index contributed by atoms with van der Waals surface area (Å²) in [6.07, 6.45) is -2.67. The summed E-state index contributed by atoms with van der Waals surface area (Å²) in [4.78, 5) is 13.2. The van der Waals surface area contributed by atoms with E-state index in [-0.39, 0.29) is 23.8 Å². The van der Waals surface area contributed by atoms with Crippen molar-refractivity contribution in [2.45, 2.75) is 51.0 Å². The van der Waals surface area contributed by atoms with Gasteiger partial charge in [-0.2, -0.15) is 18.3 Å². The van der Waals surface area contributed by atoms with E-state index in [1.165, 1.54) is 17.5 Å². The zero-order valence-electron chi connectivity index (χ0n) is 13.8. The van der Waals surface area contributed by atoms with E-state index in [2.05, 4.69) is 15.7 Å². The lowest BCUT2D eigenvalue weighted by Gasteiger charge is -2.33. The number of hydrogen-bond acceptors (Lipinski definition) is 4. The molecule has 9 heteroatoms. The second-order valence-corrected chi connectivity index (χ2v) is 7.12. The summed E-state index contributed by atoms with van der Waals surface area (Å²) in [6, 6.07) is 1.25. The number of nitrogens with zero attached hydrogens (tertiary/aromatic N) is 2. The maximum Gasteiger partial charge on any atom is 0.410 e. The fourth-order valence-electron chi connectivity index (χ4n) is 2.81. The van der Waals surface area contributed by atoms with Crippen LogP contribution in [0.4, 0.5) is 19.0 Å². The molecule has 2 aromatic heterocycles. The predicted octanol–water partition coefficient (Wildman–Crippen LogP) is 4.13. The topological polar surface area (TPSA) is 59.0 Å². The van der Waals surface area contributed by atoms with Crippen molar-refractivity contribution in [1.82, 2.24) is 15.1 Å². The molecule has 5 nitrogen and oxygen atoms in total. The zero-order valence-corrected chi connectivity index (χ0v) is 14.6. The molecule has 0 aromatic carbocycles. The number of aromatic nitrogens is 2. The third-order valence-electron chi connectivity index (χ3n) is 4.36. The van der Waals surface area contributed by atoms with E-state index >= 15 is 0 Å². The highest BCUT2D eigenvalue weighted by Crippen LogP contribution is 2.44. The lowest BCUT2D eigenvalue weighted by molar-refractivity contribution is -0.173. The molecular weight excluding hydrogens is 353 g/mol. The first-order chi connectivity index (χ1) is 11.8. The highest BCUT2D eigenvalue weighted by Gasteiger charge is 2.47. The molecule has 0 bridgehead atoms. The molecule has 0 saturated carbocycles. The highest BCUT2D eigenvalue weighted by molar-refractivity contribution is 7.10. The zero-order chi connectivity index (χ0) is 18.2. The Kier molecular flexibility index (Phi) is 4.77. The van der Waals surface area contributed by atoms with E-state index in [0.29, 0.717) is 0 Å². The average Bonchev–Trinajstić information content (AvgIpc) is 3.22. The molecule has 2 aromatic rings. The van der Waals surface area contributed by atoms with Gasteiger partial charge in [0.05, 0.1) is 12.2 Å². The van der Waals surface area contributed by atoms with Gasteiger partial charge in [-0.3, -0.25) is 4.79 Å². The summed E-state index contributed by atoms with van der Waals surface area (Å²) in [5.74, 6) is -0.302. The first-order valence-electron chi connectivity index (χ1n) is 8.06. The highest BCUT2D eigenvalue weighted by atomic mass is 32.1. The maximum atomic E-state index is 13.5. The second kappa shape index (κ2) is 6.70. The molecule has 3 atom stereocenters. The lowest BCUT2D eigenvalue weighted by atomic mass is 10.0. The minimum Gasteiger partial charge on any atom is -0.362 e. The molecule has 0 radical (unpaired) electrons. The Bertz CT molecular complexity index is 741. The van der Waals surface area contributed by atoms with Crippen molar-refractivity contribution in [2.24, 2.45) is 0 Å². The van der Waals surface area contributed by atoms with Crippen LogP contribution < -0.4 is 10.6 Å². The Labute approximate surface area is 147 Å². The minimum atomic E-state index is -4.44. The molecule has 3 heterocycles. The Balaban J connectivity index is 1.97. The van der Waals surface area contributed by atoms with E-state index in [0.717, 1.165) is 16.0 Å². The summed E-state index contributed by atoms with van der Waals surface area (Å²) in [5, 5.41) is 11.5. The molecule has 25 heavy (non-hydrogen) atoms. The van der Waals surface area contributed by atoms with Gasteiger partial charge >= 0.3 is 6.18 Å². The molecule has 2 N–H and O–H groups in total. The molecule has 0 unspecified atom stereocenters. The fraction of sp³-hybridized carbons (Fsp3) is 0.500. The molecule has 0 spiro atoms. The third kappa shape index (κ3) is 3.51. The third-order valence-corrected chi connectivity index (χ3v) is 5.35. The van der Waals surface area contributed by atoms with E-state index in [1.54, 1.807) is 12.1 Å². The van der Waals surface area contributed by atoms with Crippen LogP contribution in [0.5, 0.6) is 0 Å². The quantitative estimate of drug-likeness (QED) is 0.848. The lowest BCUT2D eigenvalue weighted by Crippen LogP contribution is -2.37. The number of halogens is 3. The smallest absolute Gasteiger partial charge is 0.362 e. The van der Waals surface area contributed by atoms with Crippen LogP contribution in [0, 0.1) is 0 Å². The number of rotatable bonds is 4. The SMILES string of the molecule is CC[C@@H](C)NC(=O)c1cnn2c1N[C@H](c1cccs1)C[C@H]2C(F)(F)F. The maximum absolute atomic E-state index is 13.5. The number of thiophene rings is 1. The van der Waals surface area contributed by atoms with Gasteiger partial charge in [-0.15, -0.1) is 11.3 Å². The number of hydrogen-bond donors (Lipinski definition) is 2. The normalized spacial score (nSPS) is 21.3. The van der Waals surface area contributed by atoms with Gasteiger partial charge in [0.1, 0.15) is 11.4 Å². The summed E-state index contributed by atoms with van der Waals surface area (Å²) >= 11 is 1.39. The van der Waals surface area contributed by atoms with E-state index in [4.69, 9.17) is 0 Å². The van der Waals surface area contributed by atoms with Gasteiger partial charge in [-0.25, -0.2) is 4.68 Å². The van der Waals surface area contributed by atoms with Crippen molar-refractivity contribution in [3.8, 4) is 0 Å². The number of carbonyl (C=O) groups excluding carboxylic acids is 1. The Morgan fingerprint density at radius 2 is 2.32 bits per heavy atom. The minimum absolute atomic E-state index is 0.0712. The molecule has 3 rings (SSSR count). The van der Waals surface area contributed by atoms with Crippen LogP contribution in [0.2, 0.25) is 0 Å². The Morgan fingerprint density at radius 3 is 2.92 bits per heavy atom. The number of alkyl halides is 3. The number of amides is 1. The molecule has 0 aliphatic carbocycles. The number of anilines is 1. The van der Waals surface area contributed by atoms with Gasteiger partial charge in [0, 0.05) is 17.3 Å². The van der Waals surface area contributed by atoms with Gasteiger partial charge in [-0.1, -0.05) is 13.0 Å². The molecule has 1 aliphatic rings. The van der Waals surface area contributed by atoms with Gasteiger partial charge in [-0.05, 0) is 24.8 Å². The van der Waals surface area contributed by atoms with Crippen molar-refractivity contribution in [1.29, 1.82) is 0 Å². The first kappa shape index (κ1) is 17.8. The molecule has 136 valence electrons. The van der Waals surface area contributed by atoms with Crippen LogP contribution in [0.3, 0.4) is 0 Å². The van der Waals surface area contributed by atoms with Crippen LogP contribution in [-0.2, 0) is 0 Å². The standard InChI is InChI=1S/C16H19F3N4OS/c1-3-9(2)21-15(24)10-8-20-23-13(16(17,18)19)7-11(22-14(10)23)12-5-4-6-25-12/h4-6,8-9,11,13,22H,3,7H2,1-2H3,(H,21,24)/t9-,11+,13+/m1/s1. The molecule has 1 amide bonds. The average molecular weight is 372 g/mol. The molecule has 1 aliphatic heterocycles.